The van der Waals surface area contributed by atoms with Gasteiger partial charge in [0.05, 0.1) is 24.4 Å². The van der Waals surface area contributed by atoms with Crippen molar-refractivity contribution < 1.29 is 18.7 Å². The highest BCUT2D eigenvalue weighted by molar-refractivity contribution is 6.03. The third-order valence-electron chi connectivity index (χ3n) is 5.34. The fourth-order valence-electron chi connectivity index (χ4n) is 3.57. The minimum absolute atomic E-state index is 0.0981. The number of anilines is 3. The molecule has 1 atom stereocenters. The maximum Gasteiger partial charge on any atom is 0.248 e. The highest BCUT2D eigenvalue weighted by Gasteiger charge is 2.20. The maximum atomic E-state index is 13.7. The Bertz CT molecular complexity index is 1210. The average molecular weight is 466 g/mol. The first-order valence-corrected chi connectivity index (χ1v) is 11.1. The molecule has 9 heteroatoms. The quantitative estimate of drug-likeness (QED) is 0.485. The lowest BCUT2D eigenvalue weighted by molar-refractivity contribution is -0.111. The van der Waals surface area contributed by atoms with Crippen LogP contribution in [0.15, 0.2) is 48.8 Å². The van der Waals surface area contributed by atoms with Crippen molar-refractivity contribution in [3.8, 4) is 5.75 Å². The highest BCUT2D eigenvalue weighted by atomic mass is 19.1. The summed E-state index contributed by atoms with van der Waals surface area (Å²) in [5.41, 5.74) is 2.37. The van der Waals surface area contributed by atoms with Crippen LogP contribution in [-0.2, 0) is 9.53 Å². The molecule has 8 nitrogen and oxygen atoms in total. The molecule has 34 heavy (non-hydrogen) atoms. The number of ether oxygens (including phenoxy) is 2. The number of aromatic nitrogens is 2. The first-order valence-electron chi connectivity index (χ1n) is 11.1. The molecular weight excluding hydrogens is 437 g/mol. The second kappa shape index (κ2) is 10.6. The minimum atomic E-state index is -0.275. The van der Waals surface area contributed by atoms with Gasteiger partial charge in [-0.15, -0.1) is 0 Å². The van der Waals surface area contributed by atoms with Crippen LogP contribution in [0.5, 0.6) is 5.75 Å². The summed E-state index contributed by atoms with van der Waals surface area (Å²) in [7, 11) is 3.86. The number of rotatable bonds is 8. The Morgan fingerprint density at radius 1 is 1.29 bits per heavy atom. The van der Waals surface area contributed by atoms with Gasteiger partial charge in [0.25, 0.3) is 0 Å². The first kappa shape index (κ1) is 23.6. The Kier molecular flexibility index (Phi) is 7.34. The number of likely N-dealkylation sites (N-methyl/N-ethyl adjacent to an activating group) is 1. The van der Waals surface area contributed by atoms with Crippen molar-refractivity contribution >= 4 is 34.0 Å². The lowest BCUT2D eigenvalue weighted by Gasteiger charge is -2.17. The molecule has 1 amide bonds. The van der Waals surface area contributed by atoms with E-state index in [1.165, 1.54) is 18.5 Å². The van der Waals surface area contributed by atoms with E-state index >= 15 is 0 Å². The molecule has 0 saturated carbocycles. The topological polar surface area (TPSA) is 88.6 Å². The van der Waals surface area contributed by atoms with E-state index in [9.17, 15) is 9.18 Å². The Morgan fingerprint density at radius 2 is 2.15 bits per heavy atom. The lowest BCUT2D eigenvalue weighted by atomic mass is 10.1. The van der Waals surface area contributed by atoms with E-state index in [4.69, 9.17) is 9.47 Å². The summed E-state index contributed by atoms with van der Waals surface area (Å²) in [6, 6.07) is 8.33. The molecule has 1 aromatic heterocycles. The summed E-state index contributed by atoms with van der Waals surface area (Å²) in [5.74, 6) is 0.502. The van der Waals surface area contributed by atoms with E-state index in [0.717, 1.165) is 6.42 Å². The molecule has 0 spiro atoms. The van der Waals surface area contributed by atoms with E-state index in [2.05, 4.69) is 20.6 Å². The standard InChI is InChI=1S/C25H28FN5O3/c1-16-11-17(6-7-20(16)26)29-25-19-12-22(30-24(32)5-4-9-31(2)3)23(13-21(19)27-15-28-25)34-18-8-10-33-14-18/h4-7,11-13,15,18H,8-10,14H2,1-3H3,(H,30,32)(H,27,28,29)/b5-4+/t18-/m0/s1. The number of carbonyl (C=O) groups is 1. The van der Waals surface area contributed by atoms with Crippen molar-refractivity contribution in [1.82, 2.24) is 14.9 Å². The average Bonchev–Trinajstić information content (AvgIpc) is 3.30. The van der Waals surface area contributed by atoms with Gasteiger partial charge in [-0.2, -0.15) is 0 Å². The Labute approximate surface area is 197 Å². The first-order chi connectivity index (χ1) is 16.4. The van der Waals surface area contributed by atoms with Gasteiger partial charge in [-0.05, 0) is 50.8 Å². The number of hydrogen-bond acceptors (Lipinski definition) is 7. The van der Waals surface area contributed by atoms with Crippen LogP contribution in [0.25, 0.3) is 10.9 Å². The van der Waals surface area contributed by atoms with E-state index in [1.54, 1.807) is 37.3 Å². The molecule has 1 aliphatic heterocycles. The number of aryl methyl sites for hydroxylation is 1. The second-order valence-corrected chi connectivity index (χ2v) is 8.43. The summed E-state index contributed by atoms with van der Waals surface area (Å²) < 4.78 is 25.3. The number of nitrogens with zero attached hydrogens (tertiary/aromatic N) is 3. The number of benzene rings is 2. The number of amides is 1. The van der Waals surface area contributed by atoms with Crippen LogP contribution >= 0.6 is 0 Å². The van der Waals surface area contributed by atoms with Crippen molar-refractivity contribution in [3.05, 3.63) is 60.2 Å². The minimum Gasteiger partial charge on any atom is -0.486 e. The molecular formula is C25H28FN5O3. The van der Waals surface area contributed by atoms with E-state index in [0.29, 0.717) is 59.2 Å². The molecule has 1 aliphatic rings. The smallest absolute Gasteiger partial charge is 0.248 e. The zero-order chi connectivity index (χ0) is 24.1. The third-order valence-corrected chi connectivity index (χ3v) is 5.34. The summed E-state index contributed by atoms with van der Waals surface area (Å²) in [4.78, 5) is 23.3. The van der Waals surface area contributed by atoms with Gasteiger partial charge in [0.15, 0.2) is 0 Å². The largest absolute Gasteiger partial charge is 0.486 e. The summed E-state index contributed by atoms with van der Waals surface area (Å²) in [6.07, 6.45) is 5.41. The van der Waals surface area contributed by atoms with E-state index in [-0.39, 0.29) is 17.8 Å². The van der Waals surface area contributed by atoms with Crippen LogP contribution in [-0.4, -0.2) is 60.7 Å². The molecule has 0 bridgehead atoms. The van der Waals surface area contributed by atoms with Crippen molar-refractivity contribution in [2.24, 2.45) is 0 Å². The Morgan fingerprint density at radius 3 is 2.88 bits per heavy atom. The SMILES string of the molecule is Cc1cc(Nc2ncnc3cc(O[C@H]4CCOC4)c(NC(=O)/C=C/CN(C)C)cc23)ccc1F. The van der Waals surface area contributed by atoms with Crippen molar-refractivity contribution in [3.63, 3.8) is 0 Å². The molecule has 178 valence electrons. The van der Waals surface area contributed by atoms with Gasteiger partial charge >= 0.3 is 0 Å². The molecule has 2 heterocycles. The normalized spacial score (nSPS) is 15.9. The molecule has 1 fully saturated rings. The number of nitrogens with one attached hydrogen (secondary N) is 2. The molecule has 3 aromatic rings. The number of hydrogen-bond donors (Lipinski definition) is 2. The van der Waals surface area contributed by atoms with Gasteiger partial charge in [0, 0.05) is 36.2 Å². The third kappa shape index (κ3) is 5.86. The Balaban J connectivity index is 1.68. The van der Waals surface area contributed by atoms with Gasteiger partial charge in [-0.1, -0.05) is 6.08 Å². The van der Waals surface area contributed by atoms with Crippen molar-refractivity contribution in [2.75, 3.05) is 44.5 Å². The van der Waals surface area contributed by atoms with Gasteiger partial charge in [0.1, 0.15) is 29.8 Å². The fourth-order valence-corrected chi connectivity index (χ4v) is 3.57. The van der Waals surface area contributed by atoms with Crippen LogP contribution in [0.4, 0.5) is 21.6 Å². The fraction of sp³-hybridized carbons (Fsp3) is 0.320. The van der Waals surface area contributed by atoms with Crippen molar-refractivity contribution in [2.45, 2.75) is 19.4 Å². The zero-order valence-electron chi connectivity index (χ0n) is 19.5. The van der Waals surface area contributed by atoms with Gasteiger partial charge in [0.2, 0.25) is 5.91 Å². The predicted octanol–water partition coefficient (Wildman–Crippen LogP) is 4.04. The van der Waals surface area contributed by atoms with Gasteiger partial charge in [-0.25, -0.2) is 14.4 Å². The molecule has 0 radical (unpaired) electrons. The molecule has 4 rings (SSSR count). The van der Waals surface area contributed by atoms with Crippen molar-refractivity contribution in [1.29, 1.82) is 0 Å². The number of carbonyl (C=O) groups excluding carboxylic acids is 1. The number of halogens is 1. The van der Waals surface area contributed by atoms with Gasteiger partial charge < -0.3 is 25.0 Å². The van der Waals surface area contributed by atoms with E-state index in [1.807, 2.05) is 19.0 Å². The van der Waals surface area contributed by atoms with Crippen LogP contribution in [0.2, 0.25) is 0 Å². The molecule has 0 unspecified atom stereocenters. The maximum absolute atomic E-state index is 13.7. The molecule has 1 saturated heterocycles. The van der Waals surface area contributed by atoms with E-state index < -0.39 is 0 Å². The molecule has 2 N–H and O–H groups in total. The van der Waals surface area contributed by atoms with Crippen LogP contribution in [0.1, 0.15) is 12.0 Å². The predicted molar refractivity (Wildman–Crippen MR) is 130 cm³/mol. The van der Waals surface area contributed by atoms with Crippen LogP contribution in [0, 0.1) is 12.7 Å². The van der Waals surface area contributed by atoms with Crippen LogP contribution < -0.4 is 15.4 Å². The van der Waals surface area contributed by atoms with Gasteiger partial charge in [-0.3, -0.25) is 4.79 Å². The lowest BCUT2D eigenvalue weighted by Crippen LogP contribution is -2.18. The molecule has 2 aromatic carbocycles. The summed E-state index contributed by atoms with van der Waals surface area (Å²) >= 11 is 0. The number of fused-ring (bicyclic) bond motifs is 1. The van der Waals surface area contributed by atoms with Crippen LogP contribution in [0.3, 0.4) is 0 Å². The summed E-state index contributed by atoms with van der Waals surface area (Å²) in [6.45, 7) is 3.48. The zero-order valence-corrected chi connectivity index (χ0v) is 19.5. The Hall–Kier alpha value is -3.56. The second-order valence-electron chi connectivity index (χ2n) is 8.43. The monoisotopic (exact) mass is 465 g/mol. The summed E-state index contributed by atoms with van der Waals surface area (Å²) in [5, 5.41) is 6.83. The molecule has 0 aliphatic carbocycles. The highest BCUT2D eigenvalue weighted by Crippen LogP contribution is 2.34.